The minimum Gasteiger partial charge on any atom is -0.312 e. The third-order valence-electron chi connectivity index (χ3n) is 10.6. The molecule has 7 aromatic carbocycles. The summed E-state index contributed by atoms with van der Waals surface area (Å²) in [6.45, 7) is 0. The van der Waals surface area contributed by atoms with Gasteiger partial charge in [-0.3, -0.25) is 0 Å². The summed E-state index contributed by atoms with van der Waals surface area (Å²) >= 11 is 1.85. The van der Waals surface area contributed by atoms with Gasteiger partial charge in [0.25, 0.3) is 0 Å². The molecule has 3 aromatic heterocycles. The number of aromatic nitrogens is 2. The number of benzene rings is 6. The van der Waals surface area contributed by atoms with Gasteiger partial charge in [-0.2, -0.15) is 0 Å². The van der Waals surface area contributed by atoms with Crippen molar-refractivity contribution < 1.29 is 0 Å². The maximum atomic E-state index is 3.55. The summed E-state index contributed by atoms with van der Waals surface area (Å²) in [7, 11) is 0. The van der Waals surface area contributed by atoms with Gasteiger partial charge in [-0.1, -0.05) is 109 Å². The van der Waals surface area contributed by atoms with Gasteiger partial charge in [0.15, 0.2) is 0 Å². The van der Waals surface area contributed by atoms with E-state index in [0.29, 0.717) is 0 Å². The number of hydrogen-bond acceptors (Lipinski definition) is 1. The van der Waals surface area contributed by atoms with Gasteiger partial charge in [0.1, 0.15) is 0 Å². The van der Waals surface area contributed by atoms with Crippen molar-refractivity contribution in [3.05, 3.63) is 175 Å². The Hall–Kier alpha value is -6.34. The number of rotatable bonds is 4. The molecular formula is C48H30N2S. The SMILES string of the molecule is c1cc2c(sc3ccccc32)c(-c2ccccc2-n2c3c(c4cc(-c5ccc6c(c5)c5ccccc5n6-c5ccccc5)ccc42)C=CCC3)c#1. The molecule has 0 spiro atoms. The lowest BCUT2D eigenvalue weighted by molar-refractivity contribution is 0.889. The van der Waals surface area contributed by atoms with E-state index in [4.69, 9.17) is 0 Å². The third kappa shape index (κ3) is 4.24. The first-order chi connectivity index (χ1) is 25.3. The standard InChI is InChI=1S/C48H30N2S/c1-2-13-33(14-3-1)49-42-21-8-5-16-35(42)40-29-31(25-27-45(40)49)32-26-28-46-41(30-32)36-17-6-10-23-44(36)50(46)43-22-9-4-15-34(43)38-19-12-20-39-37-18-7-11-24-47(37)51-48(38)39/h1-9,11,13-18,20-22,24-30H,10,23H2. The summed E-state index contributed by atoms with van der Waals surface area (Å²) in [5.41, 5.74) is 13.5. The first-order valence-electron chi connectivity index (χ1n) is 17.6. The highest BCUT2D eigenvalue weighted by atomic mass is 32.1. The van der Waals surface area contributed by atoms with E-state index >= 15 is 0 Å². The van der Waals surface area contributed by atoms with Crippen LogP contribution in [0.2, 0.25) is 0 Å². The second-order valence-corrected chi connectivity index (χ2v) is 14.5. The van der Waals surface area contributed by atoms with E-state index in [1.807, 2.05) is 11.3 Å². The Kier molecular flexibility index (Phi) is 6.19. The Labute approximate surface area is 299 Å². The quantitative estimate of drug-likeness (QED) is 0.177. The number of allylic oxidation sites excluding steroid dienone is 1. The van der Waals surface area contributed by atoms with Crippen molar-refractivity contribution in [2.75, 3.05) is 0 Å². The predicted molar refractivity (Wildman–Crippen MR) is 216 cm³/mol. The lowest BCUT2D eigenvalue weighted by Crippen LogP contribution is -2.04. The van der Waals surface area contributed by atoms with Crippen LogP contribution >= 0.6 is 11.3 Å². The monoisotopic (exact) mass is 666 g/mol. The summed E-state index contributed by atoms with van der Waals surface area (Å²) < 4.78 is 7.46. The maximum Gasteiger partial charge on any atom is 0.0544 e. The molecule has 10 aromatic rings. The number of thiophene rings is 1. The van der Waals surface area contributed by atoms with Crippen LogP contribution in [0.1, 0.15) is 17.7 Å². The molecule has 3 heteroatoms. The van der Waals surface area contributed by atoms with Crippen LogP contribution in [0.25, 0.3) is 92.6 Å². The fraction of sp³-hybridized carbons (Fsp3) is 0.0417. The van der Waals surface area contributed by atoms with E-state index in [0.717, 1.165) is 18.4 Å². The summed E-state index contributed by atoms with van der Waals surface area (Å²) in [6, 6.07) is 60.0. The maximum absolute atomic E-state index is 3.55. The fourth-order valence-corrected chi connectivity index (χ4v) is 9.58. The molecule has 11 rings (SSSR count). The molecule has 0 saturated carbocycles. The Morgan fingerprint density at radius 2 is 1.27 bits per heavy atom. The van der Waals surface area contributed by atoms with Crippen molar-refractivity contribution in [3.63, 3.8) is 0 Å². The molecule has 0 aliphatic heterocycles. The fourth-order valence-electron chi connectivity index (χ4n) is 8.39. The molecule has 238 valence electrons. The minimum absolute atomic E-state index is 0.998. The molecule has 0 unspecified atom stereocenters. The van der Waals surface area contributed by atoms with Crippen LogP contribution in [-0.2, 0) is 6.42 Å². The van der Waals surface area contributed by atoms with Crippen LogP contribution in [0.4, 0.5) is 0 Å². The summed E-state index contributed by atoms with van der Waals surface area (Å²) in [5.74, 6) is 0. The zero-order valence-electron chi connectivity index (χ0n) is 27.7. The van der Waals surface area contributed by atoms with Crippen LogP contribution in [0.5, 0.6) is 0 Å². The smallest absolute Gasteiger partial charge is 0.0544 e. The topological polar surface area (TPSA) is 9.86 Å². The molecular weight excluding hydrogens is 637 g/mol. The first kappa shape index (κ1) is 28.5. The van der Waals surface area contributed by atoms with Crippen LogP contribution in [0.15, 0.2) is 152 Å². The van der Waals surface area contributed by atoms with Gasteiger partial charge in [-0.15, -0.1) is 11.3 Å². The Morgan fingerprint density at radius 1 is 0.569 bits per heavy atom. The van der Waals surface area contributed by atoms with Crippen molar-refractivity contribution in [3.8, 4) is 33.6 Å². The second-order valence-electron chi connectivity index (χ2n) is 13.4. The highest BCUT2D eigenvalue weighted by molar-refractivity contribution is 7.26. The number of para-hydroxylation sites is 3. The van der Waals surface area contributed by atoms with Crippen molar-refractivity contribution in [2.24, 2.45) is 0 Å². The third-order valence-corrected chi connectivity index (χ3v) is 11.9. The summed E-state index contributed by atoms with van der Waals surface area (Å²) in [6.07, 6.45) is 6.70. The van der Waals surface area contributed by atoms with Crippen molar-refractivity contribution >= 4 is 70.3 Å². The van der Waals surface area contributed by atoms with Crippen LogP contribution in [-0.4, -0.2) is 9.13 Å². The zero-order chi connectivity index (χ0) is 33.5. The van der Waals surface area contributed by atoms with E-state index < -0.39 is 0 Å². The van der Waals surface area contributed by atoms with Gasteiger partial charge in [-0.25, -0.2) is 0 Å². The Morgan fingerprint density at radius 3 is 2.16 bits per heavy atom. The van der Waals surface area contributed by atoms with Gasteiger partial charge in [0.05, 0.1) is 32.5 Å². The molecule has 51 heavy (non-hydrogen) atoms. The number of fused-ring (bicyclic) bond motifs is 9. The molecule has 0 atom stereocenters. The van der Waals surface area contributed by atoms with Crippen molar-refractivity contribution in [1.82, 2.24) is 9.13 Å². The average Bonchev–Trinajstić information content (AvgIpc) is 3.85. The number of nitrogens with zero attached hydrogens (tertiary/aromatic N) is 2. The van der Waals surface area contributed by atoms with Gasteiger partial charge >= 0.3 is 0 Å². The molecule has 2 nitrogen and oxygen atoms in total. The molecule has 0 amide bonds. The van der Waals surface area contributed by atoms with E-state index in [9.17, 15) is 0 Å². The van der Waals surface area contributed by atoms with Gasteiger partial charge in [0.2, 0.25) is 0 Å². The van der Waals surface area contributed by atoms with E-state index in [2.05, 4.69) is 179 Å². The van der Waals surface area contributed by atoms with Crippen LogP contribution in [0.3, 0.4) is 0 Å². The normalized spacial score (nSPS) is 12.7. The molecule has 0 saturated heterocycles. The molecule has 0 N–H and O–H groups in total. The molecule has 3 heterocycles. The average molecular weight is 667 g/mol. The van der Waals surface area contributed by atoms with Gasteiger partial charge in [0, 0.05) is 54.1 Å². The summed E-state index contributed by atoms with van der Waals surface area (Å²) in [5, 5.41) is 6.35. The van der Waals surface area contributed by atoms with Crippen LogP contribution in [0, 0.1) is 12.1 Å². The van der Waals surface area contributed by atoms with E-state index in [1.165, 1.54) is 92.2 Å². The second kappa shape index (κ2) is 11.1. The molecule has 0 radical (unpaired) electrons. The molecule has 1 aliphatic carbocycles. The Balaban J connectivity index is 1.10. The highest BCUT2D eigenvalue weighted by Crippen LogP contribution is 2.43. The van der Waals surface area contributed by atoms with Crippen LogP contribution < -0.4 is 0 Å². The highest BCUT2D eigenvalue weighted by Gasteiger charge is 2.22. The largest absolute Gasteiger partial charge is 0.312 e. The zero-order valence-corrected chi connectivity index (χ0v) is 28.5. The molecule has 0 fully saturated rings. The lowest BCUT2D eigenvalue weighted by atomic mass is 9.98. The van der Waals surface area contributed by atoms with Crippen molar-refractivity contribution in [2.45, 2.75) is 12.8 Å². The van der Waals surface area contributed by atoms with Gasteiger partial charge in [-0.05, 0) is 84.6 Å². The van der Waals surface area contributed by atoms with E-state index in [1.54, 1.807) is 0 Å². The lowest BCUT2D eigenvalue weighted by Gasteiger charge is -2.17. The number of hydrogen-bond donors (Lipinski definition) is 0. The molecule has 0 bridgehead atoms. The van der Waals surface area contributed by atoms with E-state index in [-0.39, 0.29) is 0 Å². The van der Waals surface area contributed by atoms with Gasteiger partial charge < -0.3 is 9.13 Å². The predicted octanol–water partition coefficient (Wildman–Crippen LogP) is 13.0. The molecule has 1 aliphatic rings. The summed E-state index contributed by atoms with van der Waals surface area (Å²) in [4.78, 5) is 0. The van der Waals surface area contributed by atoms with Crippen molar-refractivity contribution in [1.29, 1.82) is 0 Å². The Bertz CT molecular complexity index is 3020. The minimum atomic E-state index is 0.998. The first-order valence-corrected chi connectivity index (χ1v) is 18.4.